The van der Waals surface area contributed by atoms with Crippen molar-refractivity contribution in [1.82, 2.24) is 34.6 Å². The molecule has 0 aliphatic carbocycles. The minimum absolute atomic E-state index is 0.223. The van der Waals surface area contributed by atoms with Gasteiger partial charge in [-0.3, -0.25) is 4.68 Å². The molecule has 0 saturated heterocycles. The van der Waals surface area contributed by atoms with E-state index < -0.39 is 0 Å². The summed E-state index contributed by atoms with van der Waals surface area (Å²) < 4.78 is 9.18. The lowest BCUT2D eigenvalue weighted by Gasteiger charge is -2.11. The van der Waals surface area contributed by atoms with Crippen LogP contribution in [0.15, 0.2) is 42.7 Å². The van der Waals surface area contributed by atoms with Crippen molar-refractivity contribution in [3.05, 3.63) is 48.5 Å². The molecule has 4 aromatic rings. The fourth-order valence-electron chi connectivity index (χ4n) is 2.59. The van der Waals surface area contributed by atoms with Gasteiger partial charge in [0.1, 0.15) is 12.0 Å². The van der Waals surface area contributed by atoms with Gasteiger partial charge in [0.05, 0.1) is 0 Å². The quantitative estimate of drug-likeness (QED) is 0.568. The molecule has 0 amide bonds. The van der Waals surface area contributed by atoms with Crippen LogP contribution in [0.2, 0.25) is 0 Å². The van der Waals surface area contributed by atoms with Gasteiger partial charge >= 0.3 is 0 Å². The van der Waals surface area contributed by atoms with Crippen LogP contribution >= 0.6 is 0 Å². The summed E-state index contributed by atoms with van der Waals surface area (Å²) in [7, 11) is 1.81. The zero-order valence-electron chi connectivity index (χ0n) is 14.5. The maximum Gasteiger partial charge on any atom is 0.256 e. The summed E-state index contributed by atoms with van der Waals surface area (Å²) in [6, 6.07) is 11.7. The van der Waals surface area contributed by atoms with Crippen molar-refractivity contribution in [1.29, 1.82) is 0 Å². The van der Waals surface area contributed by atoms with Gasteiger partial charge in [0.25, 0.3) is 5.88 Å². The zero-order chi connectivity index (χ0) is 17.9. The molecule has 1 aromatic carbocycles. The lowest BCUT2D eigenvalue weighted by molar-refractivity contribution is 0.281. The van der Waals surface area contributed by atoms with E-state index >= 15 is 0 Å². The molecule has 9 heteroatoms. The monoisotopic (exact) mass is 350 g/mol. The largest absolute Gasteiger partial charge is 0.467 e. The Bertz CT molecular complexity index is 1020. The Hall–Kier alpha value is -3.49. The average Bonchev–Trinajstić information content (AvgIpc) is 3.26. The highest BCUT2D eigenvalue weighted by Gasteiger charge is 2.15. The van der Waals surface area contributed by atoms with Crippen LogP contribution in [0.4, 0.5) is 5.69 Å². The number of hydrogen-bond donors (Lipinski definition) is 1. The predicted octanol–water partition coefficient (Wildman–Crippen LogP) is 1.93. The van der Waals surface area contributed by atoms with E-state index in [2.05, 4.69) is 30.7 Å². The van der Waals surface area contributed by atoms with Crippen LogP contribution in [0.3, 0.4) is 0 Å². The summed E-state index contributed by atoms with van der Waals surface area (Å²) in [5.41, 5.74) is 2.33. The van der Waals surface area contributed by atoms with Crippen molar-refractivity contribution in [3.63, 3.8) is 0 Å². The molecule has 0 unspecified atom stereocenters. The highest BCUT2D eigenvalue weighted by molar-refractivity contribution is 5.64. The van der Waals surface area contributed by atoms with E-state index in [4.69, 9.17) is 4.74 Å². The molecule has 132 valence electrons. The number of nitrogens with zero attached hydrogens (tertiary/aromatic N) is 7. The highest BCUT2D eigenvalue weighted by Crippen LogP contribution is 2.26. The Morgan fingerprint density at radius 3 is 2.69 bits per heavy atom. The summed E-state index contributed by atoms with van der Waals surface area (Å²) in [6.07, 6.45) is 1.63. The van der Waals surface area contributed by atoms with Crippen molar-refractivity contribution in [2.45, 2.75) is 13.5 Å². The third kappa shape index (κ3) is 3.06. The van der Waals surface area contributed by atoms with Gasteiger partial charge in [-0.15, -0.1) is 15.3 Å². The number of hydrogen-bond acceptors (Lipinski definition) is 7. The zero-order valence-corrected chi connectivity index (χ0v) is 14.5. The van der Waals surface area contributed by atoms with E-state index in [0.717, 1.165) is 17.8 Å². The summed E-state index contributed by atoms with van der Waals surface area (Å²) in [6.45, 7) is 2.96. The molecule has 0 radical (unpaired) electrons. The van der Waals surface area contributed by atoms with Crippen molar-refractivity contribution in [2.75, 3.05) is 11.9 Å². The van der Waals surface area contributed by atoms with Gasteiger partial charge in [0, 0.05) is 25.2 Å². The van der Waals surface area contributed by atoms with Crippen LogP contribution < -0.4 is 10.1 Å². The standard InChI is InChI=1S/C17H18N8O/c1-3-18-13-9-15-20-21-16(12-7-5-4-6-8-12)25(15)23-17(13)26-10-14-19-11-24(2)22-14/h4-9,11,18H,3,10H2,1-2H3. The van der Waals surface area contributed by atoms with Crippen LogP contribution in [0.25, 0.3) is 17.0 Å². The van der Waals surface area contributed by atoms with Gasteiger partial charge in [-0.1, -0.05) is 30.3 Å². The van der Waals surface area contributed by atoms with Crippen LogP contribution in [0.5, 0.6) is 5.88 Å². The van der Waals surface area contributed by atoms with Crippen molar-refractivity contribution in [2.24, 2.45) is 7.05 Å². The molecular formula is C17H18N8O. The van der Waals surface area contributed by atoms with Crippen molar-refractivity contribution in [3.8, 4) is 17.3 Å². The average molecular weight is 350 g/mol. The Morgan fingerprint density at radius 2 is 1.96 bits per heavy atom. The second kappa shape index (κ2) is 6.79. The summed E-state index contributed by atoms with van der Waals surface area (Å²) in [4.78, 5) is 4.17. The van der Waals surface area contributed by atoms with Gasteiger partial charge in [-0.2, -0.15) is 9.61 Å². The SMILES string of the molecule is CCNc1cc2nnc(-c3ccccc3)n2nc1OCc1ncn(C)n1. The van der Waals surface area contributed by atoms with Gasteiger partial charge in [-0.05, 0) is 6.92 Å². The second-order valence-electron chi connectivity index (χ2n) is 5.68. The molecule has 0 aliphatic heterocycles. The van der Waals surface area contributed by atoms with E-state index in [-0.39, 0.29) is 6.61 Å². The van der Waals surface area contributed by atoms with E-state index in [1.807, 2.05) is 50.4 Å². The number of ether oxygens (including phenoxy) is 1. The molecule has 3 heterocycles. The third-order valence-corrected chi connectivity index (χ3v) is 3.74. The van der Waals surface area contributed by atoms with Crippen LogP contribution in [0, 0.1) is 0 Å². The molecule has 0 spiro atoms. The molecule has 26 heavy (non-hydrogen) atoms. The number of nitrogens with one attached hydrogen (secondary N) is 1. The number of benzene rings is 1. The van der Waals surface area contributed by atoms with E-state index in [1.54, 1.807) is 15.5 Å². The third-order valence-electron chi connectivity index (χ3n) is 3.74. The van der Waals surface area contributed by atoms with E-state index in [0.29, 0.717) is 23.2 Å². The lowest BCUT2D eigenvalue weighted by atomic mass is 10.2. The maximum atomic E-state index is 5.87. The Labute approximate surface area is 149 Å². The molecule has 0 saturated carbocycles. The first-order chi connectivity index (χ1) is 12.7. The molecule has 9 nitrogen and oxygen atoms in total. The number of aromatic nitrogens is 7. The Kier molecular flexibility index (Phi) is 4.18. The smallest absolute Gasteiger partial charge is 0.256 e. The number of fused-ring (bicyclic) bond motifs is 1. The fraction of sp³-hybridized carbons (Fsp3) is 0.235. The van der Waals surface area contributed by atoms with Crippen LogP contribution in [-0.2, 0) is 13.7 Å². The number of aryl methyl sites for hydroxylation is 1. The molecular weight excluding hydrogens is 332 g/mol. The second-order valence-corrected chi connectivity index (χ2v) is 5.68. The Morgan fingerprint density at radius 1 is 1.12 bits per heavy atom. The normalized spacial score (nSPS) is 11.0. The van der Waals surface area contributed by atoms with Gasteiger partial charge < -0.3 is 10.1 Å². The predicted molar refractivity (Wildman–Crippen MR) is 95.7 cm³/mol. The van der Waals surface area contributed by atoms with E-state index in [9.17, 15) is 0 Å². The van der Waals surface area contributed by atoms with Gasteiger partial charge in [0.2, 0.25) is 0 Å². The lowest BCUT2D eigenvalue weighted by Crippen LogP contribution is -2.08. The molecule has 0 bridgehead atoms. The number of rotatable bonds is 6. The first-order valence-electron chi connectivity index (χ1n) is 8.27. The molecule has 1 N–H and O–H groups in total. The van der Waals surface area contributed by atoms with Crippen LogP contribution in [-0.4, -0.2) is 41.1 Å². The van der Waals surface area contributed by atoms with Crippen molar-refractivity contribution >= 4 is 11.3 Å². The van der Waals surface area contributed by atoms with Crippen molar-refractivity contribution < 1.29 is 4.74 Å². The Balaban J connectivity index is 1.72. The molecule has 0 atom stereocenters. The number of anilines is 1. The minimum atomic E-state index is 0.223. The first-order valence-corrected chi connectivity index (χ1v) is 8.27. The molecule has 4 rings (SSSR count). The van der Waals surface area contributed by atoms with Gasteiger partial charge in [-0.25, -0.2) is 4.98 Å². The van der Waals surface area contributed by atoms with E-state index in [1.165, 1.54) is 0 Å². The summed E-state index contributed by atoms with van der Waals surface area (Å²) in [5, 5.41) is 20.6. The summed E-state index contributed by atoms with van der Waals surface area (Å²) >= 11 is 0. The van der Waals surface area contributed by atoms with Gasteiger partial charge in [0.15, 0.2) is 23.9 Å². The molecule has 0 aliphatic rings. The molecule has 0 fully saturated rings. The maximum absolute atomic E-state index is 5.87. The fourth-order valence-corrected chi connectivity index (χ4v) is 2.59. The first kappa shape index (κ1) is 16.0. The molecule has 3 aromatic heterocycles. The minimum Gasteiger partial charge on any atom is -0.467 e. The van der Waals surface area contributed by atoms with Crippen LogP contribution in [0.1, 0.15) is 12.7 Å². The summed E-state index contributed by atoms with van der Waals surface area (Å²) in [5.74, 6) is 1.69. The highest BCUT2D eigenvalue weighted by atomic mass is 16.5. The topological polar surface area (TPSA) is 95.0 Å².